The minimum Gasteiger partial charge on any atom is -0.465 e. The summed E-state index contributed by atoms with van der Waals surface area (Å²) in [7, 11) is 0. The zero-order valence-corrected chi connectivity index (χ0v) is 14.4. The van der Waals surface area contributed by atoms with E-state index in [1.54, 1.807) is 0 Å². The predicted molar refractivity (Wildman–Crippen MR) is 94.8 cm³/mol. The van der Waals surface area contributed by atoms with E-state index >= 15 is 0 Å². The first-order valence-electron chi connectivity index (χ1n) is 7.58. The number of nitrogens with two attached hydrogens (primary N) is 1. The van der Waals surface area contributed by atoms with E-state index in [9.17, 15) is 9.59 Å². The average molecular weight is 393 g/mol. The molecule has 0 bridgehead atoms. The number of rotatable bonds is 2. The Kier molecular flexibility index (Phi) is 4.57. The molecule has 0 spiro atoms. The molecule has 1 aliphatic rings. The molecule has 24 heavy (non-hydrogen) atoms. The van der Waals surface area contributed by atoms with Crippen LogP contribution in [-0.4, -0.2) is 40.1 Å². The lowest BCUT2D eigenvalue weighted by atomic mass is 9.97. The third-order valence-electron chi connectivity index (χ3n) is 4.19. The molecule has 0 radical (unpaired) electrons. The van der Waals surface area contributed by atoms with E-state index < -0.39 is 6.09 Å². The lowest BCUT2D eigenvalue weighted by Crippen LogP contribution is -2.43. The Morgan fingerprint density at radius 2 is 2.21 bits per heavy atom. The van der Waals surface area contributed by atoms with Crippen LogP contribution in [0.3, 0.4) is 0 Å². The van der Waals surface area contributed by atoms with Crippen LogP contribution in [0.25, 0.3) is 10.9 Å². The Morgan fingerprint density at radius 3 is 2.96 bits per heavy atom. The van der Waals surface area contributed by atoms with Crippen LogP contribution in [0, 0.1) is 5.92 Å². The Morgan fingerprint density at radius 1 is 1.42 bits per heavy atom. The van der Waals surface area contributed by atoms with E-state index in [0.29, 0.717) is 30.8 Å². The monoisotopic (exact) mass is 392 g/mol. The Balaban J connectivity index is 1.79. The number of carboxylic acid groups (broad SMARTS) is 1. The number of benzene rings is 1. The highest BCUT2D eigenvalue weighted by Crippen LogP contribution is 2.29. The lowest BCUT2D eigenvalue weighted by molar-refractivity contribution is -0.121. The molecule has 2 heterocycles. The highest BCUT2D eigenvalue weighted by atomic mass is 79.9. The molecule has 1 fully saturated rings. The van der Waals surface area contributed by atoms with Crippen molar-refractivity contribution in [3.05, 3.63) is 28.9 Å². The number of halogens is 1. The van der Waals surface area contributed by atoms with Crippen molar-refractivity contribution < 1.29 is 14.7 Å². The number of piperidine rings is 1. The van der Waals surface area contributed by atoms with Gasteiger partial charge in [0, 0.05) is 22.9 Å². The van der Waals surface area contributed by atoms with E-state index in [1.807, 2.05) is 18.2 Å². The number of amides is 2. The van der Waals surface area contributed by atoms with Gasteiger partial charge in [0.15, 0.2) is 0 Å². The van der Waals surface area contributed by atoms with E-state index in [1.165, 1.54) is 11.1 Å². The van der Waals surface area contributed by atoms with Crippen molar-refractivity contribution in [2.75, 3.05) is 24.1 Å². The van der Waals surface area contributed by atoms with Gasteiger partial charge in [-0.15, -0.1) is 0 Å². The summed E-state index contributed by atoms with van der Waals surface area (Å²) < 4.78 is 0.898. The Labute approximate surface area is 147 Å². The first-order chi connectivity index (χ1) is 11.5. The van der Waals surface area contributed by atoms with Gasteiger partial charge < -0.3 is 21.1 Å². The maximum absolute atomic E-state index is 12.5. The summed E-state index contributed by atoms with van der Waals surface area (Å²) in [4.78, 5) is 29.1. The van der Waals surface area contributed by atoms with E-state index in [4.69, 9.17) is 10.8 Å². The van der Waals surface area contributed by atoms with Gasteiger partial charge in [0.2, 0.25) is 5.91 Å². The molecule has 126 valence electrons. The number of anilines is 2. The van der Waals surface area contributed by atoms with Crippen molar-refractivity contribution in [3.8, 4) is 0 Å². The first kappa shape index (κ1) is 16.5. The number of carbonyl (C=O) groups excluding carboxylic acids is 1. The van der Waals surface area contributed by atoms with Gasteiger partial charge in [-0.1, -0.05) is 15.9 Å². The number of nitrogens with one attached hydrogen (secondary N) is 1. The molecule has 3 rings (SSSR count). The van der Waals surface area contributed by atoms with Gasteiger partial charge in [-0.3, -0.25) is 9.78 Å². The van der Waals surface area contributed by atoms with Crippen LogP contribution in [-0.2, 0) is 4.79 Å². The van der Waals surface area contributed by atoms with Crippen molar-refractivity contribution in [2.24, 2.45) is 5.92 Å². The fourth-order valence-corrected chi connectivity index (χ4v) is 3.24. The number of pyridine rings is 1. The van der Waals surface area contributed by atoms with Gasteiger partial charge in [-0.05, 0) is 31.0 Å². The molecule has 4 N–H and O–H groups in total. The SMILES string of the molecule is Nc1c(NC(=O)C2CCCN(C(=O)O)C2)cnc2cc(Br)ccc12. The fourth-order valence-electron chi connectivity index (χ4n) is 2.89. The summed E-state index contributed by atoms with van der Waals surface area (Å²) in [5, 5.41) is 12.6. The van der Waals surface area contributed by atoms with Crippen molar-refractivity contribution in [3.63, 3.8) is 0 Å². The lowest BCUT2D eigenvalue weighted by Gasteiger charge is -2.29. The Hall–Kier alpha value is -2.35. The number of hydrogen-bond donors (Lipinski definition) is 3. The summed E-state index contributed by atoms with van der Waals surface area (Å²) in [5.41, 5.74) is 7.78. The number of fused-ring (bicyclic) bond motifs is 1. The Bertz CT molecular complexity index is 811. The third-order valence-corrected chi connectivity index (χ3v) is 4.69. The van der Waals surface area contributed by atoms with Gasteiger partial charge in [-0.2, -0.15) is 0 Å². The highest BCUT2D eigenvalue weighted by Gasteiger charge is 2.28. The molecular weight excluding hydrogens is 376 g/mol. The van der Waals surface area contributed by atoms with Crippen LogP contribution >= 0.6 is 15.9 Å². The van der Waals surface area contributed by atoms with Crippen molar-refractivity contribution in [1.29, 1.82) is 0 Å². The first-order valence-corrected chi connectivity index (χ1v) is 8.37. The third kappa shape index (κ3) is 3.28. The second kappa shape index (κ2) is 6.64. The van der Waals surface area contributed by atoms with Crippen LogP contribution in [0.1, 0.15) is 12.8 Å². The van der Waals surface area contributed by atoms with Crippen LogP contribution < -0.4 is 11.1 Å². The number of aromatic nitrogens is 1. The van der Waals surface area contributed by atoms with Crippen molar-refractivity contribution in [1.82, 2.24) is 9.88 Å². The van der Waals surface area contributed by atoms with E-state index in [0.717, 1.165) is 15.4 Å². The summed E-state index contributed by atoms with van der Waals surface area (Å²) in [5.74, 6) is -0.610. The number of carbonyl (C=O) groups is 2. The molecule has 1 unspecified atom stereocenters. The normalized spacial score (nSPS) is 17.7. The standard InChI is InChI=1S/C16H17BrN4O3/c17-10-3-4-11-12(6-10)19-7-13(14(11)18)20-15(22)9-2-1-5-21(8-9)16(23)24/h3-4,6-7,9H,1-2,5,8H2,(H2,18,19)(H,20,22)(H,23,24). The summed E-state index contributed by atoms with van der Waals surface area (Å²) in [6, 6.07) is 5.55. The van der Waals surface area contributed by atoms with Gasteiger partial charge in [0.1, 0.15) is 0 Å². The maximum atomic E-state index is 12.5. The van der Waals surface area contributed by atoms with Gasteiger partial charge in [0.25, 0.3) is 0 Å². The second-order valence-corrected chi connectivity index (χ2v) is 6.72. The zero-order chi connectivity index (χ0) is 17.3. The summed E-state index contributed by atoms with van der Waals surface area (Å²) in [6.45, 7) is 0.669. The van der Waals surface area contributed by atoms with E-state index in [2.05, 4.69) is 26.2 Å². The van der Waals surface area contributed by atoms with Gasteiger partial charge >= 0.3 is 6.09 Å². The number of nitrogens with zero attached hydrogens (tertiary/aromatic N) is 2. The predicted octanol–water partition coefficient (Wildman–Crippen LogP) is 2.91. The molecule has 2 aromatic rings. The molecule has 2 amide bonds. The van der Waals surface area contributed by atoms with Crippen molar-refractivity contribution >= 4 is 50.2 Å². The summed E-state index contributed by atoms with van der Waals surface area (Å²) >= 11 is 3.38. The van der Waals surface area contributed by atoms with Gasteiger partial charge in [0.05, 0.1) is 29.0 Å². The van der Waals surface area contributed by atoms with Crippen LogP contribution in [0.4, 0.5) is 16.2 Å². The quantitative estimate of drug-likeness (QED) is 0.727. The molecule has 1 aliphatic heterocycles. The minimum atomic E-state index is -0.995. The molecule has 1 aromatic carbocycles. The smallest absolute Gasteiger partial charge is 0.407 e. The molecule has 8 heteroatoms. The van der Waals surface area contributed by atoms with Crippen LogP contribution in [0.15, 0.2) is 28.9 Å². The van der Waals surface area contributed by atoms with Crippen LogP contribution in [0.2, 0.25) is 0 Å². The zero-order valence-electron chi connectivity index (χ0n) is 12.8. The molecule has 1 saturated heterocycles. The minimum absolute atomic E-state index is 0.203. The molecule has 0 aliphatic carbocycles. The van der Waals surface area contributed by atoms with Gasteiger partial charge in [-0.25, -0.2) is 4.79 Å². The average Bonchev–Trinajstić information content (AvgIpc) is 2.57. The second-order valence-electron chi connectivity index (χ2n) is 5.80. The van der Waals surface area contributed by atoms with Crippen LogP contribution in [0.5, 0.6) is 0 Å². The number of nitrogen functional groups attached to an aromatic ring is 1. The fraction of sp³-hybridized carbons (Fsp3) is 0.312. The molecule has 7 nitrogen and oxygen atoms in total. The molecule has 1 aromatic heterocycles. The number of likely N-dealkylation sites (tertiary alicyclic amines) is 1. The van der Waals surface area contributed by atoms with Crippen molar-refractivity contribution in [2.45, 2.75) is 12.8 Å². The largest absolute Gasteiger partial charge is 0.465 e. The molecular formula is C16H17BrN4O3. The van der Waals surface area contributed by atoms with E-state index in [-0.39, 0.29) is 18.4 Å². The number of hydrogen-bond acceptors (Lipinski definition) is 4. The highest BCUT2D eigenvalue weighted by molar-refractivity contribution is 9.10. The maximum Gasteiger partial charge on any atom is 0.407 e. The molecule has 0 saturated carbocycles. The topological polar surface area (TPSA) is 109 Å². The molecule has 1 atom stereocenters. The summed E-state index contributed by atoms with van der Waals surface area (Å²) in [6.07, 6.45) is 1.86.